The van der Waals surface area contributed by atoms with Gasteiger partial charge in [-0.3, -0.25) is 9.69 Å². The lowest BCUT2D eigenvalue weighted by molar-refractivity contribution is -0.137. The Kier molecular flexibility index (Phi) is 6.14. The monoisotopic (exact) mass is 296 g/mol. The molecule has 1 aromatic rings. The van der Waals surface area contributed by atoms with E-state index in [9.17, 15) is 14.0 Å². The van der Waals surface area contributed by atoms with Gasteiger partial charge in [0.2, 0.25) is 0 Å². The molecule has 0 aliphatic carbocycles. The van der Waals surface area contributed by atoms with E-state index < -0.39 is 24.4 Å². The van der Waals surface area contributed by atoms with Crippen LogP contribution in [0.2, 0.25) is 0 Å². The molecule has 0 atom stereocenters. The number of aliphatic carboxylic acids is 1. The van der Waals surface area contributed by atoms with Crippen LogP contribution in [-0.2, 0) is 4.79 Å². The lowest BCUT2D eigenvalue weighted by atomic mass is 10.2. The maximum Gasteiger partial charge on any atom is 0.325 e. The minimum absolute atomic E-state index is 0.118. The van der Waals surface area contributed by atoms with Crippen LogP contribution in [0.4, 0.5) is 14.9 Å². The van der Waals surface area contributed by atoms with Crippen molar-refractivity contribution in [2.45, 2.75) is 20.8 Å². The Balaban J connectivity index is 3.03. The minimum atomic E-state index is -1.09. The molecule has 116 valence electrons. The van der Waals surface area contributed by atoms with Crippen LogP contribution in [0.1, 0.15) is 20.8 Å². The van der Waals surface area contributed by atoms with Crippen molar-refractivity contribution in [2.75, 3.05) is 24.5 Å². The molecule has 1 rings (SSSR count). The van der Waals surface area contributed by atoms with Crippen LogP contribution in [-0.4, -0.2) is 41.6 Å². The van der Waals surface area contributed by atoms with Crippen molar-refractivity contribution in [1.29, 1.82) is 0 Å². The first kappa shape index (κ1) is 16.9. The molecule has 0 radical (unpaired) electrons. The van der Waals surface area contributed by atoms with Gasteiger partial charge in [0.15, 0.2) is 0 Å². The van der Waals surface area contributed by atoms with Gasteiger partial charge in [0.1, 0.15) is 12.4 Å². The third-order valence-corrected chi connectivity index (χ3v) is 2.87. The average molecular weight is 296 g/mol. The molecule has 0 fully saturated rings. The third kappa shape index (κ3) is 4.73. The Hall–Kier alpha value is -2.11. The zero-order valence-electron chi connectivity index (χ0n) is 12.5. The molecule has 0 aromatic heterocycles. The molecule has 0 unspecified atom stereocenters. The quantitative estimate of drug-likeness (QED) is 0.878. The molecule has 1 N–H and O–H groups in total. The molecule has 0 spiro atoms. The average Bonchev–Trinajstić information content (AvgIpc) is 2.39. The topological polar surface area (TPSA) is 60.9 Å². The summed E-state index contributed by atoms with van der Waals surface area (Å²) in [5.41, 5.74) is 0.157. The molecule has 1 aromatic carbocycles. The van der Waals surface area contributed by atoms with E-state index in [0.717, 1.165) is 0 Å². The van der Waals surface area contributed by atoms with E-state index in [0.29, 0.717) is 6.54 Å². The van der Waals surface area contributed by atoms with Gasteiger partial charge in [0.25, 0.3) is 0 Å². The summed E-state index contributed by atoms with van der Waals surface area (Å²) in [4.78, 5) is 25.9. The number of carboxylic acids is 1. The number of benzene rings is 1. The fraction of sp³-hybridized carbons (Fsp3) is 0.467. The number of nitrogens with zero attached hydrogens (tertiary/aromatic N) is 2. The summed E-state index contributed by atoms with van der Waals surface area (Å²) in [7, 11) is 0. The standard InChI is InChI=1S/C15H21FN2O3/c1-4-18(13-8-6-5-7-12(13)16)15(21)17(9-11(2)3)10-14(19)20/h5-8,11H,4,9-10H2,1-3H3,(H,19,20). The first-order chi connectivity index (χ1) is 9.86. The van der Waals surface area contributed by atoms with Crippen molar-refractivity contribution in [3.63, 3.8) is 0 Å². The predicted octanol–water partition coefficient (Wildman–Crippen LogP) is 2.81. The number of amides is 2. The number of para-hydroxylation sites is 1. The van der Waals surface area contributed by atoms with Gasteiger partial charge in [-0.25, -0.2) is 9.18 Å². The van der Waals surface area contributed by atoms with E-state index in [1.54, 1.807) is 19.1 Å². The molecule has 5 nitrogen and oxygen atoms in total. The van der Waals surface area contributed by atoms with Crippen molar-refractivity contribution in [3.05, 3.63) is 30.1 Å². The van der Waals surface area contributed by atoms with E-state index in [1.807, 2.05) is 13.8 Å². The zero-order valence-corrected chi connectivity index (χ0v) is 12.5. The summed E-state index contributed by atoms with van der Waals surface area (Å²) in [5, 5.41) is 8.94. The van der Waals surface area contributed by atoms with E-state index >= 15 is 0 Å². The highest BCUT2D eigenvalue weighted by Crippen LogP contribution is 2.20. The van der Waals surface area contributed by atoms with Crippen LogP contribution in [0, 0.1) is 11.7 Å². The number of carbonyl (C=O) groups is 2. The maximum absolute atomic E-state index is 13.8. The molecule has 0 aliphatic heterocycles. The van der Waals surface area contributed by atoms with Gasteiger partial charge in [0, 0.05) is 13.1 Å². The van der Waals surface area contributed by atoms with Gasteiger partial charge in [-0.15, -0.1) is 0 Å². The summed E-state index contributed by atoms with van der Waals surface area (Å²) in [6.45, 7) is 5.66. The van der Waals surface area contributed by atoms with Crippen LogP contribution < -0.4 is 4.90 Å². The second-order valence-corrected chi connectivity index (χ2v) is 5.15. The highest BCUT2D eigenvalue weighted by atomic mass is 19.1. The number of urea groups is 1. The molecular formula is C15H21FN2O3. The number of carboxylic acid groups (broad SMARTS) is 1. The summed E-state index contributed by atoms with van der Waals surface area (Å²) < 4.78 is 13.8. The molecule has 6 heteroatoms. The van der Waals surface area contributed by atoms with Crippen molar-refractivity contribution < 1.29 is 19.1 Å². The van der Waals surface area contributed by atoms with Gasteiger partial charge in [-0.1, -0.05) is 26.0 Å². The predicted molar refractivity (Wildman–Crippen MR) is 78.9 cm³/mol. The van der Waals surface area contributed by atoms with Gasteiger partial charge in [-0.2, -0.15) is 0 Å². The van der Waals surface area contributed by atoms with E-state index in [4.69, 9.17) is 5.11 Å². The largest absolute Gasteiger partial charge is 0.480 e. The van der Waals surface area contributed by atoms with Crippen molar-refractivity contribution in [1.82, 2.24) is 4.90 Å². The number of anilines is 1. The Labute approximate surface area is 124 Å². The maximum atomic E-state index is 13.8. The van der Waals surface area contributed by atoms with E-state index in [2.05, 4.69) is 0 Å². The Bertz CT molecular complexity index is 505. The van der Waals surface area contributed by atoms with Crippen LogP contribution in [0.15, 0.2) is 24.3 Å². The number of rotatable bonds is 6. The molecule has 0 heterocycles. The molecule has 0 aliphatic rings. The van der Waals surface area contributed by atoms with E-state index in [-0.39, 0.29) is 18.2 Å². The van der Waals surface area contributed by atoms with E-state index in [1.165, 1.54) is 21.9 Å². The fourth-order valence-corrected chi connectivity index (χ4v) is 2.06. The fourth-order valence-electron chi connectivity index (χ4n) is 2.06. The van der Waals surface area contributed by atoms with Crippen molar-refractivity contribution in [2.24, 2.45) is 5.92 Å². The second kappa shape index (κ2) is 7.61. The highest BCUT2D eigenvalue weighted by Gasteiger charge is 2.25. The van der Waals surface area contributed by atoms with Gasteiger partial charge in [0.05, 0.1) is 5.69 Å². The number of carbonyl (C=O) groups excluding carboxylic acids is 1. The molecule has 0 saturated carbocycles. The van der Waals surface area contributed by atoms with Gasteiger partial charge in [-0.05, 0) is 25.0 Å². The number of hydrogen-bond acceptors (Lipinski definition) is 2. The highest BCUT2D eigenvalue weighted by molar-refractivity contribution is 5.93. The second-order valence-electron chi connectivity index (χ2n) is 5.15. The SMILES string of the molecule is CCN(C(=O)N(CC(=O)O)CC(C)C)c1ccccc1F. The first-order valence-electron chi connectivity index (χ1n) is 6.89. The number of hydrogen-bond donors (Lipinski definition) is 1. The molecule has 2 amide bonds. The summed E-state index contributed by atoms with van der Waals surface area (Å²) in [6.07, 6.45) is 0. The van der Waals surface area contributed by atoms with Crippen LogP contribution >= 0.6 is 0 Å². The van der Waals surface area contributed by atoms with Crippen molar-refractivity contribution in [3.8, 4) is 0 Å². The summed E-state index contributed by atoms with van der Waals surface area (Å²) >= 11 is 0. The molecular weight excluding hydrogens is 275 g/mol. The minimum Gasteiger partial charge on any atom is -0.480 e. The lowest BCUT2D eigenvalue weighted by Gasteiger charge is -2.30. The molecule has 0 saturated heterocycles. The smallest absolute Gasteiger partial charge is 0.325 e. The third-order valence-electron chi connectivity index (χ3n) is 2.87. The number of halogens is 1. The first-order valence-corrected chi connectivity index (χ1v) is 6.89. The van der Waals surface area contributed by atoms with Gasteiger partial charge < -0.3 is 10.0 Å². The molecule has 21 heavy (non-hydrogen) atoms. The Morgan fingerprint density at radius 2 is 1.90 bits per heavy atom. The Morgan fingerprint density at radius 3 is 2.38 bits per heavy atom. The summed E-state index contributed by atoms with van der Waals surface area (Å²) in [6, 6.07) is 5.46. The molecule has 0 bridgehead atoms. The van der Waals surface area contributed by atoms with Crippen molar-refractivity contribution >= 4 is 17.7 Å². The Morgan fingerprint density at radius 1 is 1.29 bits per heavy atom. The van der Waals surface area contributed by atoms with Crippen LogP contribution in [0.3, 0.4) is 0 Å². The summed E-state index contributed by atoms with van der Waals surface area (Å²) in [5.74, 6) is -1.48. The normalized spacial score (nSPS) is 10.5. The zero-order chi connectivity index (χ0) is 16.0. The lowest BCUT2D eigenvalue weighted by Crippen LogP contribution is -2.47. The van der Waals surface area contributed by atoms with Crippen LogP contribution in [0.25, 0.3) is 0 Å². The van der Waals surface area contributed by atoms with Gasteiger partial charge >= 0.3 is 12.0 Å². The van der Waals surface area contributed by atoms with Crippen LogP contribution in [0.5, 0.6) is 0 Å².